The van der Waals surface area contributed by atoms with Crippen LogP contribution in [-0.2, 0) is 19.6 Å². The van der Waals surface area contributed by atoms with Crippen molar-refractivity contribution in [3.05, 3.63) is 0 Å². The van der Waals surface area contributed by atoms with Gasteiger partial charge in [0.1, 0.15) is 0 Å². The molecule has 0 N–H and O–H groups in total. The zero-order valence-corrected chi connectivity index (χ0v) is 10.3. The quantitative estimate of drug-likeness (QED) is 0.597. The number of sulfonamides is 1. The number of hydrogen-bond acceptors (Lipinski definition) is 5. The summed E-state index contributed by atoms with van der Waals surface area (Å²) in [5.74, 6) is -0.812. The minimum atomic E-state index is -3.46. The third kappa shape index (κ3) is 5.68. The summed E-state index contributed by atoms with van der Waals surface area (Å²) in [6.07, 6.45) is -0.0256. The Labute approximate surface area is 95.8 Å². The van der Waals surface area contributed by atoms with E-state index in [0.29, 0.717) is 0 Å². The van der Waals surface area contributed by atoms with Crippen LogP contribution in [0.25, 0.3) is 0 Å². The van der Waals surface area contributed by atoms with Crippen LogP contribution in [0.1, 0.15) is 19.8 Å². The number of esters is 1. The van der Waals surface area contributed by atoms with Gasteiger partial charge in [0.25, 0.3) is 0 Å². The van der Waals surface area contributed by atoms with E-state index in [1.807, 2.05) is 6.07 Å². The normalized spacial score (nSPS) is 11.1. The lowest BCUT2D eigenvalue weighted by molar-refractivity contribution is -0.142. The molecule has 6 nitrogen and oxygen atoms in total. The third-order valence-electron chi connectivity index (χ3n) is 1.88. The molecule has 7 heteroatoms. The largest absolute Gasteiger partial charge is 0.466 e. The summed E-state index contributed by atoms with van der Waals surface area (Å²) in [6, 6.07) is 1.86. The molecule has 16 heavy (non-hydrogen) atoms. The first kappa shape index (κ1) is 14.9. The first-order chi connectivity index (χ1) is 7.44. The van der Waals surface area contributed by atoms with Crippen molar-refractivity contribution in [2.24, 2.45) is 0 Å². The molecular formula is C9H16N2O4S. The molecule has 0 fully saturated rings. The minimum Gasteiger partial charge on any atom is -0.466 e. The van der Waals surface area contributed by atoms with Crippen molar-refractivity contribution in [3.63, 3.8) is 0 Å². The summed E-state index contributed by atoms with van der Waals surface area (Å²) >= 11 is 0. The van der Waals surface area contributed by atoms with E-state index in [9.17, 15) is 13.2 Å². The molecule has 92 valence electrons. The maximum absolute atomic E-state index is 11.6. The van der Waals surface area contributed by atoms with Crippen LogP contribution in [0.3, 0.4) is 0 Å². The molecule has 0 aromatic carbocycles. The number of ether oxygens (including phenoxy) is 1. The van der Waals surface area contributed by atoms with E-state index in [1.165, 1.54) is 7.05 Å². The molecule has 0 unspecified atom stereocenters. The van der Waals surface area contributed by atoms with Gasteiger partial charge in [0.15, 0.2) is 0 Å². The second kappa shape index (κ2) is 7.19. The van der Waals surface area contributed by atoms with Crippen molar-refractivity contribution >= 4 is 16.0 Å². The van der Waals surface area contributed by atoms with E-state index in [2.05, 4.69) is 4.74 Å². The second-order valence-electron chi connectivity index (χ2n) is 3.10. The Morgan fingerprint density at radius 2 is 2.12 bits per heavy atom. The van der Waals surface area contributed by atoms with Gasteiger partial charge in [0.05, 0.1) is 24.8 Å². The highest BCUT2D eigenvalue weighted by Gasteiger charge is 2.19. The van der Waals surface area contributed by atoms with E-state index in [4.69, 9.17) is 5.26 Å². The van der Waals surface area contributed by atoms with Gasteiger partial charge in [-0.2, -0.15) is 5.26 Å². The highest BCUT2D eigenvalue weighted by Crippen LogP contribution is 2.02. The summed E-state index contributed by atoms with van der Waals surface area (Å²) in [5.41, 5.74) is 0. The number of carbonyl (C=O) groups excluding carboxylic acids is 1. The molecule has 0 aromatic rings. The summed E-state index contributed by atoms with van der Waals surface area (Å²) in [6.45, 7) is 2.04. The highest BCUT2D eigenvalue weighted by molar-refractivity contribution is 7.89. The molecular weight excluding hydrogens is 232 g/mol. The van der Waals surface area contributed by atoms with Crippen LogP contribution in [0.5, 0.6) is 0 Å². The first-order valence-corrected chi connectivity index (χ1v) is 6.51. The van der Waals surface area contributed by atoms with Gasteiger partial charge in [-0.15, -0.1) is 0 Å². The number of nitrogens with zero attached hydrogens (tertiary/aromatic N) is 2. The fraction of sp³-hybridized carbons (Fsp3) is 0.778. The predicted octanol–water partition coefficient (Wildman–Crippen LogP) is 0.115. The van der Waals surface area contributed by atoms with Crippen molar-refractivity contribution in [2.75, 3.05) is 26.0 Å². The molecule has 0 spiro atoms. The molecule has 0 rings (SSSR count). The van der Waals surface area contributed by atoms with Gasteiger partial charge in [-0.25, -0.2) is 12.7 Å². The molecule has 0 radical (unpaired) electrons. The topological polar surface area (TPSA) is 87.5 Å². The van der Waals surface area contributed by atoms with Crippen LogP contribution in [0.4, 0.5) is 0 Å². The maximum atomic E-state index is 11.6. The first-order valence-electron chi connectivity index (χ1n) is 4.90. The van der Waals surface area contributed by atoms with Crippen LogP contribution >= 0.6 is 0 Å². The molecule has 0 atom stereocenters. The van der Waals surface area contributed by atoms with E-state index < -0.39 is 16.0 Å². The Morgan fingerprint density at radius 3 is 2.62 bits per heavy atom. The molecule has 0 saturated heterocycles. The van der Waals surface area contributed by atoms with Crippen LogP contribution in [0.15, 0.2) is 0 Å². The Bertz CT molecular complexity index is 358. The van der Waals surface area contributed by atoms with Gasteiger partial charge in [-0.1, -0.05) is 0 Å². The van der Waals surface area contributed by atoms with Gasteiger partial charge in [-0.3, -0.25) is 4.79 Å². The van der Waals surface area contributed by atoms with Gasteiger partial charge in [0.2, 0.25) is 10.0 Å². The van der Waals surface area contributed by atoms with Crippen molar-refractivity contribution in [1.82, 2.24) is 4.31 Å². The fourth-order valence-corrected chi connectivity index (χ4v) is 2.05. The number of rotatable bonds is 7. The Kier molecular flexibility index (Phi) is 6.69. The maximum Gasteiger partial charge on any atom is 0.306 e. The number of nitriles is 1. The van der Waals surface area contributed by atoms with E-state index in [-0.39, 0.29) is 31.7 Å². The van der Waals surface area contributed by atoms with Crippen LogP contribution < -0.4 is 0 Å². The lowest BCUT2D eigenvalue weighted by Crippen LogP contribution is -2.31. The molecule has 0 amide bonds. The molecule has 0 bridgehead atoms. The molecule has 0 heterocycles. The summed E-state index contributed by atoms with van der Waals surface area (Å²) in [7, 11) is -2.08. The van der Waals surface area contributed by atoms with Gasteiger partial charge in [-0.05, 0) is 6.92 Å². The van der Waals surface area contributed by atoms with Crippen molar-refractivity contribution < 1.29 is 17.9 Å². The lowest BCUT2D eigenvalue weighted by Gasteiger charge is -2.14. The van der Waals surface area contributed by atoms with E-state index in [0.717, 1.165) is 4.31 Å². The van der Waals surface area contributed by atoms with Crippen molar-refractivity contribution in [1.29, 1.82) is 5.26 Å². The molecule has 0 aliphatic heterocycles. The van der Waals surface area contributed by atoms with Gasteiger partial charge >= 0.3 is 5.97 Å². The Hall–Kier alpha value is -1.13. The van der Waals surface area contributed by atoms with Crippen molar-refractivity contribution in [2.45, 2.75) is 19.8 Å². The van der Waals surface area contributed by atoms with Crippen molar-refractivity contribution in [3.8, 4) is 6.07 Å². The number of carbonyl (C=O) groups is 1. The number of hydrogen-bond donors (Lipinski definition) is 0. The van der Waals surface area contributed by atoms with Crippen LogP contribution in [-0.4, -0.2) is 44.6 Å². The highest BCUT2D eigenvalue weighted by atomic mass is 32.2. The zero-order valence-electron chi connectivity index (χ0n) is 9.47. The fourth-order valence-electron chi connectivity index (χ4n) is 0.948. The van der Waals surface area contributed by atoms with E-state index in [1.54, 1.807) is 6.92 Å². The van der Waals surface area contributed by atoms with Crippen LogP contribution in [0.2, 0.25) is 0 Å². The Balaban J connectivity index is 4.15. The molecule has 0 saturated carbocycles. The monoisotopic (exact) mass is 248 g/mol. The molecule has 0 aromatic heterocycles. The standard InChI is InChI=1S/C9H16N2O4S/c1-3-15-9(12)5-8-16(13,14)11(2)7-4-6-10/h3-5,7-8H2,1-2H3. The summed E-state index contributed by atoms with van der Waals surface area (Å²) < 4.78 is 28.8. The van der Waals surface area contributed by atoms with Gasteiger partial charge < -0.3 is 4.74 Å². The average Bonchev–Trinajstić information content (AvgIpc) is 2.23. The lowest BCUT2D eigenvalue weighted by atomic mass is 10.5. The van der Waals surface area contributed by atoms with Crippen LogP contribution in [0, 0.1) is 11.3 Å². The predicted molar refractivity (Wildman–Crippen MR) is 57.9 cm³/mol. The Morgan fingerprint density at radius 1 is 1.50 bits per heavy atom. The zero-order chi connectivity index (χ0) is 12.6. The SMILES string of the molecule is CCOC(=O)CCS(=O)(=O)N(C)CCC#N. The second-order valence-corrected chi connectivity index (χ2v) is 5.30. The van der Waals surface area contributed by atoms with Gasteiger partial charge in [0, 0.05) is 20.0 Å². The minimum absolute atomic E-state index is 0.134. The summed E-state index contributed by atoms with van der Waals surface area (Å²) in [4.78, 5) is 11.0. The smallest absolute Gasteiger partial charge is 0.306 e. The van der Waals surface area contributed by atoms with E-state index >= 15 is 0 Å². The summed E-state index contributed by atoms with van der Waals surface area (Å²) in [5, 5.41) is 8.32. The molecule has 0 aliphatic carbocycles. The molecule has 0 aliphatic rings. The average molecular weight is 248 g/mol. The third-order valence-corrected chi connectivity index (χ3v) is 3.74.